The molecule has 0 atom stereocenters. The van der Waals surface area contributed by atoms with Crippen molar-refractivity contribution >= 4 is 23.6 Å². The van der Waals surface area contributed by atoms with Gasteiger partial charge in [0.05, 0.1) is 11.3 Å². The summed E-state index contributed by atoms with van der Waals surface area (Å²) in [6, 6.07) is 10.4. The van der Waals surface area contributed by atoms with Crippen LogP contribution in [0.3, 0.4) is 0 Å². The van der Waals surface area contributed by atoms with Crippen LogP contribution < -0.4 is 0 Å². The van der Waals surface area contributed by atoms with Gasteiger partial charge in [0.2, 0.25) is 5.89 Å². The molecule has 1 aliphatic heterocycles. The standard InChI is InChI=1S/C22H20F2N4O3S/c1-14-25-20(26-31-14)13-32-19-5-3-2-4-16(19)22(30)28-10-8-27(9-11-28)21(29)15-6-7-17(23)18(24)12-15/h2-7,12H,8-11,13H2,1H3. The number of rotatable bonds is 5. The second-order valence-corrected chi connectivity index (χ2v) is 8.24. The van der Waals surface area contributed by atoms with Crippen molar-refractivity contribution in [2.45, 2.75) is 17.6 Å². The molecule has 2 aromatic carbocycles. The van der Waals surface area contributed by atoms with Gasteiger partial charge in [-0.05, 0) is 30.3 Å². The first-order valence-corrected chi connectivity index (χ1v) is 11.0. The van der Waals surface area contributed by atoms with Crippen LogP contribution in [0.2, 0.25) is 0 Å². The minimum absolute atomic E-state index is 0.0853. The van der Waals surface area contributed by atoms with Gasteiger partial charge in [-0.1, -0.05) is 17.3 Å². The van der Waals surface area contributed by atoms with Gasteiger partial charge in [0.15, 0.2) is 17.5 Å². The van der Waals surface area contributed by atoms with E-state index in [0.717, 1.165) is 17.0 Å². The average molecular weight is 458 g/mol. The summed E-state index contributed by atoms with van der Waals surface area (Å²) in [7, 11) is 0. The molecule has 2 amide bonds. The van der Waals surface area contributed by atoms with E-state index in [1.54, 1.807) is 24.0 Å². The number of hydrogen-bond donors (Lipinski definition) is 0. The Labute approximate surface area is 187 Å². The largest absolute Gasteiger partial charge is 0.340 e. The Balaban J connectivity index is 1.39. The zero-order chi connectivity index (χ0) is 22.7. The quantitative estimate of drug-likeness (QED) is 0.544. The molecule has 1 aliphatic rings. The number of nitrogens with zero attached hydrogens (tertiary/aromatic N) is 4. The number of thioether (sulfide) groups is 1. The third kappa shape index (κ3) is 4.80. The number of piperazine rings is 1. The Hall–Kier alpha value is -3.27. The highest BCUT2D eigenvalue weighted by Gasteiger charge is 2.27. The molecule has 2 heterocycles. The maximum Gasteiger partial charge on any atom is 0.255 e. The third-order valence-corrected chi connectivity index (χ3v) is 6.13. The molecule has 166 valence electrons. The van der Waals surface area contributed by atoms with Crippen LogP contribution in [0.25, 0.3) is 0 Å². The third-order valence-electron chi connectivity index (χ3n) is 5.06. The molecular formula is C22H20F2N4O3S. The van der Waals surface area contributed by atoms with E-state index in [-0.39, 0.29) is 17.4 Å². The molecular weight excluding hydrogens is 438 g/mol. The molecule has 1 saturated heterocycles. The van der Waals surface area contributed by atoms with Crippen molar-refractivity contribution < 1.29 is 22.9 Å². The van der Waals surface area contributed by atoms with Crippen LogP contribution in [-0.4, -0.2) is 57.9 Å². The molecule has 0 N–H and O–H groups in total. The Bertz CT molecular complexity index is 1150. The Morgan fingerprint density at radius 3 is 2.34 bits per heavy atom. The molecule has 0 unspecified atom stereocenters. The van der Waals surface area contributed by atoms with Crippen LogP contribution in [-0.2, 0) is 5.75 Å². The highest BCUT2D eigenvalue weighted by atomic mass is 32.2. The molecule has 10 heteroatoms. The van der Waals surface area contributed by atoms with Crippen LogP contribution >= 0.6 is 11.8 Å². The Kier molecular flexibility index (Phi) is 6.50. The predicted octanol–water partition coefficient (Wildman–Crippen LogP) is 3.55. The van der Waals surface area contributed by atoms with E-state index in [0.29, 0.717) is 49.2 Å². The lowest BCUT2D eigenvalue weighted by molar-refractivity contribution is 0.0533. The van der Waals surface area contributed by atoms with Crippen molar-refractivity contribution in [2.75, 3.05) is 26.2 Å². The maximum atomic E-state index is 13.5. The SMILES string of the molecule is Cc1nc(CSc2ccccc2C(=O)N2CCN(C(=O)c3ccc(F)c(F)c3)CC2)no1. The normalized spacial score (nSPS) is 14.0. The first-order chi connectivity index (χ1) is 15.4. The van der Waals surface area contributed by atoms with E-state index < -0.39 is 11.6 Å². The second kappa shape index (κ2) is 9.47. The molecule has 0 radical (unpaired) electrons. The monoisotopic (exact) mass is 458 g/mol. The van der Waals surface area contributed by atoms with Gasteiger partial charge in [-0.25, -0.2) is 8.78 Å². The fourth-order valence-corrected chi connectivity index (χ4v) is 4.29. The number of amides is 2. The molecule has 1 aromatic heterocycles. The molecule has 32 heavy (non-hydrogen) atoms. The van der Waals surface area contributed by atoms with Crippen LogP contribution in [0.5, 0.6) is 0 Å². The van der Waals surface area contributed by atoms with E-state index in [4.69, 9.17) is 4.52 Å². The van der Waals surface area contributed by atoms with Crippen molar-refractivity contribution in [3.05, 3.63) is 76.9 Å². The second-order valence-electron chi connectivity index (χ2n) is 7.23. The van der Waals surface area contributed by atoms with Crippen molar-refractivity contribution in [3.63, 3.8) is 0 Å². The van der Waals surface area contributed by atoms with Gasteiger partial charge >= 0.3 is 0 Å². The lowest BCUT2D eigenvalue weighted by atomic mass is 10.1. The van der Waals surface area contributed by atoms with Gasteiger partial charge in [0, 0.05) is 43.6 Å². The fraction of sp³-hybridized carbons (Fsp3) is 0.273. The van der Waals surface area contributed by atoms with Crippen molar-refractivity contribution in [2.24, 2.45) is 0 Å². The highest BCUT2D eigenvalue weighted by molar-refractivity contribution is 7.98. The zero-order valence-corrected chi connectivity index (χ0v) is 18.1. The van der Waals surface area contributed by atoms with E-state index >= 15 is 0 Å². The molecule has 1 fully saturated rings. The number of aromatic nitrogens is 2. The van der Waals surface area contributed by atoms with Gasteiger partial charge in [0.1, 0.15) is 0 Å². The summed E-state index contributed by atoms with van der Waals surface area (Å²) >= 11 is 1.45. The summed E-state index contributed by atoms with van der Waals surface area (Å²) in [5.74, 6) is -1.06. The van der Waals surface area contributed by atoms with Gasteiger partial charge in [-0.15, -0.1) is 11.8 Å². The molecule has 0 spiro atoms. The Morgan fingerprint density at radius 1 is 1.00 bits per heavy atom. The first kappa shape index (κ1) is 21.9. The smallest absolute Gasteiger partial charge is 0.255 e. The zero-order valence-electron chi connectivity index (χ0n) is 17.3. The van der Waals surface area contributed by atoms with Crippen LogP contribution in [0.15, 0.2) is 51.9 Å². The number of halogens is 2. The first-order valence-electron chi connectivity index (χ1n) is 9.97. The van der Waals surface area contributed by atoms with E-state index in [2.05, 4.69) is 10.1 Å². The lowest BCUT2D eigenvalue weighted by Crippen LogP contribution is -2.50. The van der Waals surface area contributed by atoms with Crippen molar-refractivity contribution in [3.8, 4) is 0 Å². The molecule has 3 aromatic rings. The number of carbonyl (C=O) groups excluding carboxylic acids is 2. The summed E-state index contributed by atoms with van der Waals surface area (Å²) in [5.41, 5.74) is 0.653. The number of benzene rings is 2. The van der Waals surface area contributed by atoms with Crippen molar-refractivity contribution in [1.82, 2.24) is 19.9 Å². The maximum absolute atomic E-state index is 13.5. The lowest BCUT2D eigenvalue weighted by Gasteiger charge is -2.35. The summed E-state index contributed by atoms with van der Waals surface area (Å²) in [6.07, 6.45) is 0. The predicted molar refractivity (Wildman–Crippen MR) is 113 cm³/mol. The summed E-state index contributed by atoms with van der Waals surface area (Å²) < 4.78 is 31.6. The molecule has 0 saturated carbocycles. The molecule has 0 bridgehead atoms. The van der Waals surface area contributed by atoms with Crippen molar-refractivity contribution in [1.29, 1.82) is 0 Å². The fourth-order valence-electron chi connectivity index (χ4n) is 3.41. The Morgan fingerprint density at radius 2 is 1.69 bits per heavy atom. The van der Waals surface area contributed by atoms with Gasteiger partial charge in [-0.2, -0.15) is 4.98 Å². The summed E-state index contributed by atoms with van der Waals surface area (Å²) in [6.45, 7) is 3.02. The summed E-state index contributed by atoms with van der Waals surface area (Å²) in [5, 5.41) is 3.87. The topological polar surface area (TPSA) is 79.5 Å². The molecule has 0 aliphatic carbocycles. The molecule has 7 nitrogen and oxygen atoms in total. The number of hydrogen-bond acceptors (Lipinski definition) is 6. The minimum Gasteiger partial charge on any atom is -0.340 e. The number of carbonyl (C=O) groups is 2. The van der Waals surface area contributed by atoms with Crippen LogP contribution in [0.1, 0.15) is 32.4 Å². The highest BCUT2D eigenvalue weighted by Crippen LogP contribution is 2.27. The van der Waals surface area contributed by atoms with Gasteiger partial charge in [0.25, 0.3) is 11.8 Å². The van der Waals surface area contributed by atoms with E-state index in [9.17, 15) is 18.4 Å². The average Bonchev–Trinajstić information content (AvgIpc) is 3.24. The molecule has 4 rings (SSSR count). The van der Waals surface area contributed by atoms with Crippen LogP contribution in [0.4, 0.5) is 8.78 Å². The summed E-state index contributed by atoms with van der Waals surface area (Å²) in [4.78, 5) is 33.9. The van der Waals surface area contributed by atoms with Crippen LogP contribution in [0, 0.1) is 18.6 Å². The minimum atomic E-state index is -1.06. The van der Waals surface area contributed by atoms with E-state index in [1.165, 1.54) is 22.7 Å². The van der Waals surface area contributed by atoms with Gasteiger partial charge < -0.3 is 14.3 Å². The van der Waals surface area contributed by atoms with E-state index in [1.807, 2.05) is 12.1 Å². The number of aryl methyl sites for hydroxylation is 1. The van der Waals surface area contributed by atoms with Gasteiger partial charge in [-0.3, -0.25) is 9.59 Å².